The molecule has 1 atom stereocenters. The number of rotatable bonds is 4. The van der Waals surface area contributed by atoms with E-state index in [0.717, 1.165) is 12.1 Å². The fourth-order valence-electron chi connectivity index (χ4n) is 2.69. The quantitative estimate of drug-likeness (QED) is 0.936. The summed E-state index contributed by atoms with van der Waals surface area (Å²) < 4.78 is 31.8. The summed E-state index contributed by atoms with van der Waals surface area (Å²) in [5.41, 5.74) is -1.11. The van der Waals surface area contributed by atoms with Gasteiger partial charge < -0.3 is 14.7 Å². The van der Waals surface area contributed by atoms with Crippen molar-refractivity contribution in [2.75, 3.05) is 19.7 Å². The van der Waals surface area contributed by atoms with Gasteiger partial charge in [0, 0.05) is 12.1 Å². The number of amides is 1. The SMILES string of the molecule is O=C(c1ccc(F)c(F)c1)N1CC[C@](O)(COc2ccccc2)C1. The van der Waals surface area contributed by atoms with Gasteiger partial charge in [-0.05, 0) is 36.8 Å². The number of β-amino-alcohol motifs (C(OH)–C–C–N with tert-alkyl or cyclic N) is 1. The Bertz CT molecular complexity index is 738. The van der Waals surface area contributed by atoms with Gasteiger partial charge in [-0.2, -0.15) is 0 Å². The van der Waals surface area contributed by atoms with Crippen molar-refractivity contribution in [1.82, 2.24) is 4.90 Å². The van der Waals surface area contributed by atoms with Crippen LogP contribution in [-0.2, 0) is 0 Å². The average Bonchev–Trinajstić information content (AvgIpc) is 2.99. The first-order valence-corrected chi connectivity index (χ1v) is 7.61. The number of benzene rings is 2. The maximum atomic E-state index is 13.3. The number of halogens is 2. The van der Waals surface area contributed by atoms with Gasteiger partial charge in [-0.25, -0.2) is 8.78 Å². The molecule has 1 aliphatic rings. The first kappa shape index (κ1) is 16.4. The van der Waals surface area contributed by atoms with E-state index in [0.29, 0.717) is 18.7 Å². The van der Waals surface area contributed by atoms with Gasteiger partial charge in [0.1, 0.15) is 18.0 Å². The fraction of sp³-hybridized carbons (Fsp3) is 0.278. The van der Waals surface area contributed by atoms with E-state index in [1.165, 1.54) is 11.0 Å². The molecular weight excluding hydrogens is 316 g/mol. The molecule has 1 N–H and O–H groups in total. The highest BCUT2D eigenvalue weighted by Gasteiger charge is 2.39. The van der Waals surface area contributed by atoms with E-state index in [9.17, 15) is 18.7 Å². The summed E-state index contributed by atoms with van der Waals surface area (Å²) in [5.74, 6) is -1.87. The Balaban J connectivity index is 1.63. The number of nitrogens with zero attached hydrogens (tertiary/aromatic N) is 1. The molecule has 1 amide bonds. The number of para-hydroxylation sites is 1. The summed E-state index contributed by atoms with van der Waals surface area (Å²) in [5, 5.41) is 10.6. The molecule has 2 aromatic rings. The first-order chi connectivity index (χ1) is 11.5. The molecule has 0 saturated carbocycles. The molecule has 1 saturated heterocycles. The zero-order valence-electron chi connectivity index (χ0n) is 12.9. The van der Waals surface area contributed by atoms with Crippen LogP contribution >= 0.6 is 0 Å². The lowest BCUT2D eigenvalue weighted by atomic mass is 10.1. The first-order valence-electron chi connectivity index (χ1n) is 7.61. The normalized spacial score (nSPS) is 20.2. The predicted molar refractivity (Wildman–Crippen MR) is 83.8 cm³/mol. The lowest BCUT2D eigenvalue weighted by Crippen LogP contribution is -2.40. The van der Waals surface area contributed by atoms with Gasteiger partial charge in [-0.3, -0.25) is 4.79 Å². The van der Waals surface area contributed by atoms with Crippen LogP contribution < -0.4 is 4.74 Å². The van der Waals surface area contributed by atoms with Crippen LogP contribution in [-0.4, -0.2) is 41.2 Å². The van der Waals surface area contributed by atoms with Crippen molar-refractivity contribution >= 4 is 5.91 Å². The molecule has 1 aliphatic heterocycles. The van der Waals surface area contributed by atoms with Crippen LogP contribution in [0.3, 0.4) is 0 Å². The van der Waals surface area contributed by atoms with Crippen LogP contribution in [0.15, 0.2) is 48.5 Å². The molecule has 24 heavy (non-hydrogen) atoms. The molecule has 126 valence electrons. The van der Waals surface area contributed by atoms with Gasteiger partial charge >= 0.3 is 0 Å². The third-order valence-corrected chi connectivity index (χ3v) is 4.04. The van der Waals surface area contributed by atoms with Crippen molar-refractivity contribution in [3.05, 3.63) is 65.7 Å². The minimum atomic E-state index is -1.16. The standard InChI is InChI=1S/C18H17F2NO3/c19-15-7-6-13(10-16(15)20)17(22)21-9-8-18(23,11-21)12-24-14-4-2-1-3-5-14/h1-7,10,23H,8-9,11-12H2/t18-/m1/s1. The Morgan fingerprint density at radius 2 is 1.92 bits per heavy atom. The summed E-state index contributed by atoms with van der Waals surface area (Å²) in [6, 6.07) is 12.1. The fourth-order valence-corrected chi connectivity index (χ4v) is 2.69. The summed E-state index contributed by atoms with van der Waals surface area (Å²) in [4.78, 5) is 13.8. The minimum Gasteiger partial charge on any atom is -0.491 e. The van der Waals surface area contributed by atoms with E-state index in [-0.39, 0.29) is 18.7 Å². The molecule has 1 fully saturated rings. The second kappa shape index (κ2) is 6.57. The number of hydrogen-bond donors (Lipinski definition) is 1. The summed E-state index contributed by atoms with van der Waals surface area (Å²) in [6.45, 7) is 0.461. The minimum absolute atomic E-state index is 0.0541. The van der Waals surface area contributed by atoms with Gasteiger partial charge in [0.25, 0.3) is 5.91 Å². The average molecular weight is 333 g/mol. The van der Waals surface area contributed by atoms with Crippen LogP contribution in [0, 0.1) is 11.6 Å². The molecule has 0 bridgehead atoms. The Labute approximate surface area is 138 Å². The molecule has 4 nitrogen and oxygen atoms in total. The van der Waals surface area contributed by atoms with E-state index in [2.05, 4.69) is 0 Å². The number of carbonyl (C=O) groups is 1. The second-order valence-corrected chi connectivity index (χ2v) is 5.93. The Morgan fingerprint density at radius 3 is 2.62 bits per heavy atom. The lowest BCUT2D eigenvalue weighted by Gasteiger charge is -2.23. The lowest BCUT2D eigenvalue weighted by molar-refractivity contribution is 0.00430. The molecule has 0 radical (unpaired) electrons. The van der Waals surface area contributed by atoms with Crippen molar-refractivity contribution in [3.8, 4) is 5.75 Å². The maximum Gasteiger partial charge on any atom is 0.254 e. The van der Waals surface area contributed by atoms with Crippen LogP contribution in [0.25, 0.3) is 0 Å². The van der Waals surface area contributed by atoms with Gasteiger partial charge in [0.2, 0.25) is 0 Å². The Hall–Kier alpha value is -2.47. The topological polar surface area (TPSA) is 49.8 Å². The second-order valence-electron chi connectivity index (χ2n) is 5.93. The summed E-state index contributed by atoms with van der Waals surface area (Å²) >= 11 is 0. The molecule has 0 aliphatic carbocycles. The van der Waals surface area contributed by atoms with Crippen molar-refractivity contribution in [1.29, 1.82) is 0 Å². The predicted octanol–water partition coefficient (Wildman–Crippen LogP) is 2.62. The van der Waals surface area contributed by atoms with Crippen molar-refractivity contribution < 1.29 is 23.4 Å². The van der Waals surface area contributed by atoms with E-state index in [1.54, 1.807) is 12.1 Å². The summed E-state index contributed by atoms with van der Waals surface area (Å²) in [7, 11) is 0. The largest absolute Gasteiger partial charge is 0.491 e. The van der Waals surface area contributed by atoms with Crippen molar-refractivity contribution in [2.24, 2.45) is 0 Å². The Kier molecular flexibility index (Phi) is 4.49. The molecule has 0 spiro atoms. The smallest absolute Gasteiger partial charge is 0.254 e. The highest BCUT2D eigenvalue weighted by molar-refractivity contribution is 5.94. The summed E-state index contributed by atoms with van der Waals surface area (Å²) in [6.07, 6.45) is 0.356. The van der Waals surface area contributed by atoms with Crippen molar-refractivity contribution in [3.63, 3.8) is 0 Å². The number of hydrogen-bond acceptors (Lipinski definition) is 3. The molecule has 0 aromatic heterocycles. The zero-order valence-corrected chi connectivity index (χ0v) is 12.9. The van der Waals surface area contributed by atoms with E-state index >= 15 is 0 Å². The molecule has 1 heterocycles. The number of aliphatic hydroxyl groups is 1. The third-order valence-electron chi connectivity index (χ3n) is 4.04. The zero-order chi connectivity index (χ0) is 17.2. The highest BCUT2D eigenvalue weighted by atomic mass is 19.2. The van der Waals surface area contributed by atoms with Crippen LogP contribution in [0.4, 0.5) is 8.78 Å². The van der Waals surface area contributed by atoms with E-state index in [1.807, 2.05) is 18.2 Å². The van der Waals surface area contributed by atoms with Gasteiger partial charge in [0.05, 0.1) is 6.54 Å². The third kappa shape index (κ3) is 3.54. The van der Waals surface area contributed by atoms with Crippen LogP contribution in [0.2, 0.25) is 0 Å². The monoisotopic (exact) mass is 333 g/mol. The molecule has 6 heteroatoms. The van der Waals surface area contributed by atoms with E-state index in [4.69, 9.17) is 4.74 Å². The van der Waals surface area contributed by atoms with Gasteiger partial charge in [-0.1, -0.05) is 18.2 Å². The molecule has 0 unspecified atom stereocenters. The molecule has 3 rings (SSSR count). The van der Waals surface area contributed by atoms with E-state index < -0.39 is 23.1 Å². The van der Waals surface area contributed by atoms with Gasteiger partial charge in [-0.15, -0.1) is 0 Å². The van der Waals surface area contributed by atoms with Gasteiger partial charge in [0.15, 0.2) is 11.6 Å². The van der Waals surface area contributed by atoms with Crippen molar-refractivity contribution in [2.45, 2.75) is 12.0 Å². The van der Waals surface area contributed by atoms with Crippen LogP contribution in [0.1, 0.15) is 16.8 Å². The molecular formula is C18H17F2NO3. The highest BCUT2D eigenvalue weighted by Crippen LogP contribution is 2.24. The number of carbonyl (C=O) groups excluding carboxylic acids is 1. The maximum absolute atomic E-state index is 13.3. The number of ether oxygens (including phenoxy) is 1. The van der Waals surface area contributed by atoms with Crippen LogP contribution in [0.5, 0.6) is 5.75 Å². The molecule has 2 aromatic carbocycles. The Morgan fingerprint density at radius 1 is 1.17 bits per heavy atom. The number of likely N-dealkylation sites (tertiary alicyclic amines) is 1.